The average molecular weight is 315 g/mol. The average Bonchev–Trinajstić information content (AvgIpc) is 3.25. The fraction of sp³-hybridized carbons (Fsp3) is 0.650. The van der Waals surface area contributed by atoms with E-state index in [4.69, 9.17) is 4.74 Å². The summed E-state index contributed by atoms with van der Waals surface area (Å²) in [6.45, 7) is 5.26. The molecule has 3 nitrogen and oxygen atoms in total. The molecule has 2 saturated heterocycles. The van der Waals surface area contributed by atoms with Crippen molar-refractivity contribution in [2.75, 3.05) is 6.54 Å². The molecule has 1 aromatic carbocycles. The maximum Gasteiger partial charge on any atom is 0.251 e. The lowest BCUT2D eigenvalue weighted by Gasteiger charge is -2.33. The van der Waals surface area contributed by atoms with Crippen molar-refractivity contribution in [2.45, 2.75) is 76.5 Å². The SMILES string of the molecule is CCC1CCC(C(=O)N2CCCC2C(CC)c2ccccc2)O1. The van der Waals surface area contributed by atoms with Crippen LogP contribution in [-0.4, -0.2) is 35.6 Å². The number of benzene rings is 1. The highest BCUT2D eigenvalue weighted by molar-refractivity contribution is 5.82. The number of hydrogen-bond acceptors (Lipinski definition) is 2. The molecule has 4 unspecified atom stereocenters. The second kappa shape index (κ2) is 7.48. The Kier molecular flexibility index (Phi) is 5.37. The van der Waals surface area contributed by atoms with Crippen LogP contribution in [0.15, 0.2) is 30.3 Å². The second-order valence-corrected chi connectivity index (χ2v) is 6.90. The van der Waals surface area contributed by atoms with E-state index in [9.17, 15) is 4.79 Å². The number of carbonyl (C=O) groups excluding carboxylic acids is 1. The smallest absolute Gasteiger partial charge is 0.251 e. The highest BCUT2D eigenvalue weighted by atomic mass is 16.5. The first-order valence-corrected chi connectivity index (χ1v) is 9.25. The van der Waals surface area contributed by atoms with Gasteiger partial charge in [0.2, 0.25) is 0 Å². The quantitative estimate of drug-likeness (QED) is 0.817. The van der Waals surface area contributed by atoms with Gasteiger partial charge in [-0.1, -0.05) is 44.2 Å². The van der Waals surface area contributed by atoms with Crippen LogP contribution in [0, 0.1) is 0 Å². The zero-order valence-electron chi connectivity index (χ0n) is 14.4. The minimum absolute atomic E-state index is 0.200. The van der Waals surface area contributed by atoms with Crippen molar-refractivity contribution in [3.05, 3.63) is 35.9 Å². The summed E-state index contributed by atoms with van der Waals surface area (Å²) < 4.78 is 5.96. The molecule has 2 aliphatic heterocycles. The topological polar surface area (TPSA) is 29.5 Å². The Hall–Kier alpha value is -1.35. The van der Waals surface area contributed by atoms with Gasteiger partial charge in [-0.15, -0.1) is 0 Å². The van der Waals surface area contributed by atoms with Gasteiger partial charge in [-0.3, -0.25) is 4.79 Å². The molecular weight excluding hydrogens is 286 g/mol. The van der Waals surface area contributed by atoms with Crippen molar-refractivity contribution in [2.24, 2.45) is 0 Å². The lowest BCUT2D eigenvalue weighted by molar-refractivity contribution is -0.144. The van der Waals surface area contributed by atoms with E-state index >= 15 is 0 Å². The molecule has 0 spiro atoms. The van der Waals surface area contributed by atoms with Crippen LogP contribution in [0.4, 0.5) is 0 Å². The van der Waals surface area contributed by atoms with Crippen LogP contribution in [0.25, 0.3) is 0 Å². The van der Waals surface area contributed by atoms with Crippen molar-refractivity contribution in [3.63, 3.8) is 0 Å². The lowest BCUT2D eigenvalue weighted by Crippen LogP contribution is -2.44. The first kappa shape index (κ1) is 16.5. The van der Waals surface area contributed by atoms with Crippen molar-refractivity contribution >= 4 is 5.91 Å². The van der Waals surface area contributed by atoms with Gasteiger partial charge < -0.3 is 9.64 Å². The number of hydrogen-bond donors (Lipinski definition) is 0. The Bertz CT molecular complexity index is 516. The molecule has 1 amide bonds. The molecule has 0 bridgehead atoms. The summed E-state index contributed by atoms with van der Waals surface area (Å²) in [5.74, 6) is 0.670. The van der Waals surface area contributed by atoms with Crippen molar-refractivity contribution in [3.8, 4) is 0 Å². The molecule has 126 valence electrons. The first-order chi connectivity index (χ1) is 11.2. The molecule has 2 fully saturated rings. The fourth-order valence-electron chi connectivity index (χ4n) is 4.29. The summed E-state index contributed by atoms with van der Waals surface area (Å²) in [4.78, 5) is 15.1. The van der Waals surface area contributed by atoms with Gasteiger partial charge in [0, 0.05) is 18.5 Å². The standard InChI is InChI=1S/C20H29NO2/c1-3-16-12-13-19(23-16)20(22)21-14-8-11-18(21)17(4-2)15-9-6-5-7-10-15/h5-7,9-10,16-19H,3-4,8,11-14H2,1-2H3. The molecule has 3 rings (SSSR count). The molecule has 0 aromatic heterocycles. The highest BCUT2D eigenvalue weighted by Gasteiger charge is 2.40. The second-order valence-electron chi connectivity index (χ2n) is 6.90. The minimum atomic E-state index is -0.200. The summed E-state index contributed by atoms with van der Waals surface area (Å²) in [7, 11) is 0. The summed E-state index contributed by atoms with van der Waals surface area (Å²) in [6.07, 6.45) is 6.31. The zero-order chi connectivity index (χ0) is 16.2. The molecule has 0 radical (unpaired) electrons. The summed E-state index contributed by atoms with van der Waals surface area (Å²) in [5, 5.41) is 0. The van der Waals surface area contributed by atoms with Gasteiger partial charge in [-0.25, -0.2) is 0 Å². The molecule has 0 saturated carbocycles. The van der Waals surface area contributed by atoms with E-state index in [1.54, 1.807) is 0 Å². The number of ether oxygens (including phenoxy) is 1. The molecule has 0 aliphatic carbocycles. The predicted octanol–water partition coefficient (Wildman–Crippen LogP) is 4.13. The fourth-order valence-corrected chi connectivity index (χ4v) is 4.29. The van der Waals surface area contributed by atoms with Crippen molar-refractivity contribution in [1.29, 1.82) is 0 Å². The van der Waals surface area contributed by atoms with E-state index in [1.165, 1.54) is 5.56 Å². The summed E-state index contributed by atoms with van der Waals surface area (Å²) in [6, 6.07) is 11.0. The van der Waals surface area contributed by atoms with E-state index in [2.05, 4.69) is 49.1 Å². The largest absolute Gasteiger partial charge is 0.365 e. The van der Waals surface area contributed by atoms with Gasteiger partial charge in [-0.2, -0.15) is 0 Å². The number of rotatable bonds is 5. The Labute approximate surface area is 140 Å². The van der Waals surface area contributed by atoms with Gasteiger partial charge in [0.15, 0.2) is 0 Å². The van der Waals surface area contributed by atoms with Crippen LogP contribution in [0.2, 0.25) is 0 Å². The van der Waals surface area contributed by atoms with Crippen LogP contribution in [-0.2, 0) is 9.53 Å². The third-order valence-corrected chi connectivity index (χ3v) is 5.55. The first-order valence-electron chi connectivity index (χ1n) is 9.25. The number of likely N-dealkylation sites (tertiary alicyclic amines) is 1. The van der Waals surface area contributed by atoms with Gasteiger partial charge in [0.05, 0.1) is 6.10 Å². The van der Waals surface area contributed by atoms with E-state index < -0.39 is 0 Å². The molecule has 23 heavy (non-hydrogen) atoms. The van der Waals surface area contributed by atoms with Crippen molar-refractivity contribution < 1.29 is 9.53 Å². The van der Waals surface area contributed by atoms with Crippen LogP contribution in [0.3, 0.4) is 0 Å². The number of nitrogens with zero attached hydrogens (tertiary/aromatic N) is 1. The zero-order valence-corrected chi connectivity index (χ0v) is 14.4. The Morgan fingerprint density at radius 3 is 2.65 bits per heavy atom. The van der Waals surface area contributed by atoms with Gasteiger partial charge in [0.1, 0.15) is 6.10 Å². The highest BCUT2D eigenvalue weighted by Crippen LogP contribution is 2.35. The Balaban J connectivity index is 1.73. The number of amides is 1. The molecule has 3 heteroatoms. The molecule has 1 aromatic rings. The molecule has 0 N–H and O–H groups in total. The molecule has 4 atom stereocenters. The maximum atomic E-state index is 13.0. The van der Waals surface area contributed by atoms with Crippen LogP contribution < -0.4 is 0 Å². The van der Waals surface area contributed by atoms with Gasteiger partial charge in [-0.05, 0) is 44.1 Å². The minimum Gasteiger partial charge on any atom is -0.365 e. The van der Waals surface area contributed by atoms with E-state index in [0.717, 1.165) is 45.1 Å². The Morgan fingerprint density at radius 1 is 1.22 bits per heavy atom. The maximum absolute atomic E-state index is 13.0. The third kappa shape index (κ3) is 3.45. The van der Waals surface area contributed by atoms with E-state index in [0.29, 0.717) is 12.0 Å². The normalized spacial score (nSPS) is 29.0. The summed E-state index contributed by atoms with van der Waals surface area (Å²) in [5.41, 5.74) is 1.36. The van der Waals surface area contributed by atoms with E-state index in [1.807, 2.05) is 0 Å². The van der Waals surface area contributed by atoms with Gasteiger partial charge in [0.25, 0.3) is 5.91 Å². The lowest BCUT2D eigenvalue weighted by atomic mass is 9.87. The van der Waals surface area contributed by atoms with Gasteiger partial charge >= 0.3 is 0 Å². The third-order valence-electron chi connectivity index (χ3n) is 5.55. The van der Waals surface area contributed by atoms with Crippen LogP contribution in [0.1, 0.15) is 63.9 Å². The van der Waals surface area contributed by atoms with E-state index in [-0.39, 0.29) is 18.1 Å². The monoisotopic (exact) mass is 315 g/mol. The number of carbonyl (C=O) groups is 1. The predicted molar refractivity (Wildman–Crippen MR) is 92.4 cm³/mol. The molecular formula is C20H29NO2. The summed E-state index contributed by atoms with van der Waals surface area (Å²) >= 11 is 0. The van der Waals surface area contributed by atoms with Crippen LogP contribution in [0.5, 0.6) is 0 Å². The van der Waals surface area contributed by atoms with Crippen LogP contribution >= 0.6 is 0 Å². The molecule has 2 heterocycles. The molecule has 2 aliphatic rings. The Morgan fingerprint density at radius 2 is 2.00 bits per heavy atom. The van der Waals surface area contributed by atoms with Crippen molar-refractivity contribution in [1.82, 2.24) is 4.90 Å².